The zero-order chi connectivity index (χ0) is 12.3. The SMILES string of the molecule is CC(NCc1ccc(Br)s1)c1ccc(F)cc1. The second kappa shape index (κ2) is 5.76. The number of nitrogens with one attached hydrogen (secondary N) is 1. The summed E-state index contributed by atoms with van der Waals surface area (Å²) in [6, 6.07) is 11.0. The van der Waals surface area contributed by atoms with Crippen molar-refractivity contribution >= 4 is 27.3 Å². The van der Waals surface area contributed by atoms with E-state index in [0.717, 1.165) is 15.9 Å². The summed E-state index contributed by atoms with van der Waals surface area (Å²) in [6.45, 7) is 2.91. The molecule has 17 heavy (non-hydrogen) atoms. The minimum Gasteiger partial charge on any atom is -0.305 e. The molecule has 0 aliphatic rings. The van der Waals surface area contributed by atoms with Gasteiger partial charge in [-0.1, -0.05) is 12.1 Å². The van der Waals surface area contributed by atoms with Crippen molar-refractivity contribution in [2.24, 2.45) is 0 Å². The van der Waals surface area contributed by atoms with Gasteiger partial charge in [-0.2, -0.15) is 0 Å². The highest BCUT2D eigenvalue weighted by atomic mass is 79.9. The molecule has 0 bridgehead atoms. The van der Waals surface area contributed by atoms with E-state index in [1.807, 2.05) is 18.2 Å². The van der Waals surface area contributed by atoms with Crippen LogP contribution in [-0.4, -0.2) is 0 Å². The summed E-state index contributed by atoms with van der Waals surface area (Å²) < 4.78 is 13.9. The molecule has 0 amide bonds. The van der Waals surface area contributed by atoms with E-state index in [9.17, 15) is 4.39 Å². The lowest BCUT2D eigenvalue weighted by Gasteiger charge is -2.13. The number of hydrogen-bond donors (Lipinski definition) is 1. The Bertz CT molecular complexity index is 480. The zero-order valence-electron chi connectivity index (χ0n) is 9.41. The molecular formula is C13H13BrFNS. The largest absolute Gasteiger partial charge is 0.305 e. The van der Waals surface area contributed by atoms with Gasteiger partial charge in [0.2, 0.25) is 0 Å². The van der Waals surface area contributed by atoms with Crippen LogP contribution in [0.1, 0.15) is 23.4 Å². The van der Waals surface area contributed by atoms with Crippen LogP contribution in [0.2, 0.25) is 0 Å². The number of halogens is 2. The summed E-state index contributed by atoms with van der Waals surface area (Å²) >= 11 is 5.16. The topological polar surface area (TPSA) is 12.0 Å². The molecular weight excluding hydrogens is 301 g/mol. The Kier molecular flexibility index (Phi) is 4.31. The molecule has 1 atom stereocenters. The number of benzene rings is 1. The van der Waals surface area contributed by atoms with Gasteiger partial charge >= 0.3 is 0 Å². The molecule has 1 aromatic heterocycles. The van der Waals surface area contributed by atoms with Gasteiger partial charge in [-0.15, -0.1) is 11.3 Å². The molecule has 0 aliphatic heterocycles. The van der Waals surface area contributed by atoms with Gasteiger partial charge in [-0.25, -0.2) is 4.39 Å². The Labute approximate surface area is 113 Å². The normalized spacial score (nSPS) is 12.6. The summed E-state index contributed by atoms with van der Waals surface area (Å²) in [5.74, 6) is -0.192. The van der Waals surface area contributed by atoms with E-state index in [4.69, 9.17) is 0 Å². The van der Waals surface area contributed by atoms with Crippen LogP contribution >= 0.6 is 27.3 Å². The minimum atomic E-state index is -0.192. The van der Waals surface area contributed by atoms with Gasteiger partial charge in [-0.05, 0) is 52.7 Å². The Morgan fingerprint density at radius 1 is 1.24 bits per heavy atom. The highest BCUT2D eigenvalue weighted by Gasteiger charge is 2.05. The number of rotatable bonds is 4. The lowest BCUT2D eigenvalue weighted by molar-refractivity contribution is 0.575. The molecule has 1 nitrogen and oxygen atoms in total. The Morgan fingerprint density at radius 3 is 2.53 bits per heavy atom. The molecule has 4 heteroatoms. The Balaban J connectivity index is 1.93. The third kappa shape index (κ3) is 3.63. The molecule has 1 unspecified atom stereocenters. The number of thiophene rings is 1. The van der Waals surface area contributed by atoms with E-state index in [2.05, 4.69) is 34.2 Å². The Morgan fingerprint density at radius 2 is 1.94 bits per heavy atom. The lowest BCUT2D eigenvalue weighted by atomic mass is 10.1. The molecule has 90 valence electrons. The summed E-state index contributed by atoms with van der Waals surface area (Å²) in [4.78, 5) is 1.28. The van der Waals surface area contributed by atoms with Crippen molar-refractivity contribution in [2.75, 3.05) is 0 Å². The molecule has 0 aliphatic carbocycles. The monoisotopic (exact) mass is 313 g/mol. The molecule has 2 rings (SSSR count). The average molecular weight is 314 g/mol. The molecule has 0 saturated heterocycles. The van der Waals surface area contributed by atoms with Crippen molar-refractivity contribution in [1.82, 2.24) is 5.32 Å². The van der Waals surface area contributed by atoms with Crippen LogP contribution in [0.5, 0.6) is 0 Å². The standard InChI is InChI=1S/C13H13BrFNS/c1-9(10-2-4-11(15)5-3-10)16-8-12-6-7-13(14)17-12/h2-7,9,16H,8H2,1H3. The average Bonchev–Trinajstić information content (AvgIpc) is 2.73. The molecule has 1 aromatic carbocycles. The number of hydrogen-bond acceptors (Lipinski definition) is 2. The third-order valence-electron chi connectivity index (χ3n) is 2.58. The van der Waals surface area contributed by atoms with Crippen molar-refractivity contribution in [3.05, 3.63) is 56.4 Å². The van der Waals surface area contributed by atoms with E-state index in [-0.39, 0.29) is 11.9 Å². The smallest absolute Gasteiger partial charge is 0.123 e. The first-order valence-corrected chi connectivity index (χ1v) is 6.99. The molecule has 1 N–H and O–H groups in total. The fraction of sp³-hybridized carbons (Fsp3) is 0.231. The third-order valence-corrected chi connectivity index (χ3v) is 4.20. The van der Waals surface area contributed by atoms with Crippen molar-refractivity contribution in [1.29, 1.82) is 0 Å². The fourth-order valence-electron chi connectivity index (χ4n) is 1.57. The maximum absolute atomic E-state index is 12.8. The van der Waals surface area contributed by atoms with Gasteiger partial charge in [0.25, 0.3) is 0 Å². The fourth-order valence-corrected chi connectivity index (χ4v) is 3.00. The van der Waals surface area contributed by atoms with E-state index >= 15 is 0 Å². The highest BCUT2D eigenvalue weighted by molar-refractivity contribution is 9.11. The highest BCUT2D eigenvalue weighted by Crippen LogP contribution is 2.22. The van der Waals surface area contributed by atoms with Crippen LogP contribution in [0.3, 0.4) is 0 Å². The molecule has 2 aromatic rings. The predicted octanol–water partition coefficient (Wildman–Crippen LogP) is 4.50. The van der Waals surface area contributed by atoms with Gasteiger partial charge in [0.1, 0.15) is 5.82 Å². The van der Waals surface area contributed by atoms with Gasteiger partial charge in [0.15, 0.2) is 0 Å². The van der Waals surface area contributed by atoms with E-state index in [0.29, 0.717) is 0 Å². The van der Waals surface area contributed by atoms with E-state index in [1.54, 1.807) is 11.3 Å². The van der Waals surface area contributed by atoms with Gasteiger partial charge in [0.05, 0.1) is 3.79 Å². The van der Waals surface area contributed by atoms with Crippen LogP contribution < -0.4 is 5.32 Å². The van der Waals surface area contributed by atoms with E-state index in [1.165, 1.54) is 17.0 Å². The van der Waals surface area contributed by atoms with Crippen LogP contribution in [0, 0.1) is 5.82 Å². The second-order valence-electron chi connectivity index (χ2n) is 3.86. The molecule has 0 radical (unpaired) electrons. The molecule has 0 spiro atoms. The van der Waals surface area contributed by atoms with Gasteiger partial charge < -0.3 is 5.32 Å². The molecule has 0 fully saturated rings. The Hall–Kier alpha value is -0.710. The van der Waals surface area contributed by atoms with Crippen LogP contribution in [0.4, 0.5) is 4.39 Å². The van der Waals surface area contributed by atoms with Gasteiger partial charge in [-0.3, -0.25) is 0 Å². The molecule has 1 heterocycles. The predicted molar refractivity (Wildman–Crippen MR) is 73.7 cm³/mol. The maximum atomic E-state index is 12.8. The second-order valence-corrected chi connectivity index (χ2v) is 6.41. The van der Waals surface area contributed by atoms with E-state index < -0.39 is 0 Å². The first-order chi connectivity index (χ1) is 8.15. The molecule has 0 saturated carbocycles. The van der Waals surface area contributed by atoms with Crippen LogP contribution in [-0.2, 0) is 6.54 Å². The van der Waals surface area contributed by atoms with Crippen LogP contribution in [0.25, 0.3) is 0 Å². The minimum absolute atomic E-state index is 0.192. The quantitative estimate of drug-likeness (QED) is 0.876. The maximum Gasteiger partial charge on any atom is 0.123 e. The summed E-state index contributed by atoms with van der Waals surface area (Å²) in [7, 11) is 0. The van der Waals surface area contributed by atoms with Crippen molar-refractivity contribution < 1.29 is 4.39 Å². The van der Waals surface area contributed by atoms with Crippen molar-refractivity contribution in [3.8, 4) is 0 Å². The first kappa shape index (κ1) is 12.7. The zero-order valence-corrected chi connectivity index (χ0v) is 11.8. The first-order valence-electron chi connectivity index (χ1n) is 5.38. The van der Waals surface area contributed by atoms with Crippen molar-refractivity contribution in [3.63, 3.8) is 0 Å². The summed E-state index contributed by atoms with van der Waals surface area (Å²) in [5, 5.41) is 3.42. The summed E-state index contributed by atoms with van der Waals surface area (Å²) in [5.41, 5.74) is 1.10. The lowest BCUT2D eigenvalue weighted by Crippen LogP contribution is -2.17. The van der Waals surface area contributed by atoms with Crippen LogP contribution in [0.15, 0.2) is 40.2 Å². The summed E-state index contributed by atoms with van der Waals surface area (Å²) in [6.07, 6.45) is 0. The van der Waals surface area contributed by atoms with Crippen molar-refractivity contribution in [2.45, 2.75) is 19.5 Å². The van der Waals surface area contributed by atoms with Gasteiger partial charge in [0, 0.05) is 17.5 Å².